The molecule has 0 heterocycles. The van der Waals surface area contributed by atoms with Crippen molar-refractivity contribution in [2.24, 2.45) is 0 Å². The highest BCUT2D eigenvalue weighted by Gasteiger charge is 2.17. The standard InChI is InChI=1S/C21H18Cl2N2O3S/c1-13-6-7-15(21(26)24-19-5-3-4-18(23)14(19)2)12-20(13)25-29(27,28)17-10-8-16(22)9-11-17/h3-12,25H,1-2H3,(H,24,26). The lowest BCUT2D eigenvalue weighted by molar-refractivity contribution is 0.102. The van der Waals surface area contributed by atoms with Crippen molar-refractivity contribution in [3.05, 3.63) is 87.4 Å². The fourth-order valence-electron chi connectivity index (χ4n) is 2.63. The average Bonchev–Trinajstić information content (AvgIpc) is 2.67. The van der Waals surface area contributed by atoms with Crippen LogP contribution in [0.15, 0.2) is 65.6 Å². The van der Waals surface area contributed by atoms with E-state index in [-0.39, 0.29) is 10.8 Å². The second kappa shape index (κ2) is 8.45. The van der Waals surface area contributed by atoms with Crippen molar-refractivity contribution < 1.29 is 13.2 Å². The summed E-state index contributed by atoms with van der Waals surface area (Å²) >= 11 is 11.9. The summed E-state index contributed by atoms with van der Waals surface area (Å²) in [4.78, 5) is 12.7. The predicted molar refractivity (Wildman–Crippen MR) is 118 cm³/mol. The Labute approximate surface area is 179 Å². The summed E-state index contributed by atoms with van der Waals surface area (Å²) in [7, 11) is -3.82. The molecule has 3 aromatic rings. The van der Waals surface area contributed by atoms with Crippen LogP contribution in [0.5, 0.6) is 0 Å². The van der Waals surface area contributed by atoms with Gasteiger partial charge in [-0.2, -0.15) is 0 Å². The first-order valence-electron chi connectivity index (χ1n) is 8.63. The Morgan fingerprint density at radius 3 is 2.28 bits per heavy atom. The quantitative estimate of drug-likeness (QED) is 0.528. The van der Waals surface area contributed by atoms with Gasteiger partial charge in [0.25, 0.3) is 15.9 Å². The maximum absolute atomic E-state index is 12.7. The van der Waals surface area contributed by atoms with E-state index >= 15 is 0 Å². The van der Waals surface area contributed by atoms with Crippen molar-refractivity contribution in [1.82, 2.24) is 0 Å². The van der Waals surface area contributed by atoms with E-state index in [0.29, 0.717) is 32.5 Å². The van der Waals surface area contributed by atoms with Crippen LogP contribution in [-0.4, -0.2) is 14.3 Å². The number of hydrogen-bond acceptors (Lipinski definition) is 3. The molecule has 1 amide bonds. The number of benzene rings is 3. The second-order valence-corrected chi connectivity index (χ2v) is 8.98. The molecule has 150 valence electrons. The number of aryl methyl sites for hydroxylation is 1. The number of anilines is 2. The van der Waals surface area contributed by atoms with Gasteiger partial charge < -0.3 is 5.32 Å². The number of hydrogen-bond donors (Lipinski definition) is 2. The molecular weight excluding hydrogens is 431 g/mol. The van der Waals surface area contributed by atoms with Gasteiger partial charge in [0.05, 0.1) is 10.6 Å². The highest BCUT2D eigenvalue weighted by atomic mass is 35.5. The molecule has 5 nitrogen and oxygen atoms in total. The van der Waals surface area contributed by atoms with Crippen LogP contribution in [-0.2, 0) is 10.0 Å². The van der Waals surface area contributed by atoms with Gasteiger partial charge in [0.15, 0.2) is 0 Å². The van der Waals surface area contributed by atoms with E-state index in [1.807, 2.05) is 0 Å². The van der Waals surface area contributed by atoms with Gasteiger partial charge in [0, 0.05) is 21.3 Å². The zero-order chi connectivity index (χ0) is 21.2. The molecule has 0 aliphatic heterocycles. The lowest BCUT2D eigenvalue weighted by Crippen LogP contribution is -2.16. The molecule has 3 rings (SSSR count). The van der Waals surface area contributed by atoms with Gasteiger partial charge in [-0.25, -0.2) is 8.42 Å². The molecule has 0 unspecified atom stereocenters. The van der Waals surface area contributed by atoms with E-state index < -0.39 is 10.0 Å². The molecule has 0 spiro atoms. The molecule has 0 radical (unpaired) electrons. The fourth-order valence-corrected chi connectivity index (χ4v) is 4.05. The first-order valence-corrected chi connectivity index (χ1v) is 10.9. The van der Waals surface area contributed by atoms with Gasteiger partial charge in [-0.15, -0.1) is 0 Å². The zero-order valence-electron chi connectivity index (χ0n) is 15.7. The summed E-state index contributed by atoms with van der Waals surface area (Å²) in [5.41, 5.74) is 2.64. The van der Waals surface area contributed by atoms with Crippen molar-refractivity contribution in [1.29, 1.82) is 0 Å². The topological polar surface area (TPSA) is 75.3 Å². The maximum Gasteiger partial charge on any atom is 0.261 e. The first-order chi connectivity index (χ1) is 13.7. The highest BCUT2D eigenvalue weighted by molar-refractivity contribution is 7.92. The zero-order valence-corrected chi connectivity index (χ0v) is 18.0. The summed E-state index contributed by atoms with van der Waals surface area (Å²) in [6.45, 7) is 3.56. The number of halogens is 2. The minimum atomic E-state index is -3.82. The third-order valence-corrected chi connectivity index (χ3v) is 6.43. The average molecular weight is 449 g/mol. The third-order valence-electron chi connectivity index (χ3n) is 4.38. The number of sulfonamides is 1. The second-order valence-electron chi connectivity index (χ2n) is 6.46. The SMILES string of the molecule is Cc1ccc(C(=O)Nc2cccc(Cl)c2C)cc1NS(=O)(=O)c1ccc(Cl)cc1. The van der Waals surface area contributed by atoms with E-state index in [9.17, 15) is 13.2 Å². The van der Waals surface area contributed by atoms with E-state index in [1.165, 1.54) is 30.3 Å². The van der Waals surface area contributed by atoms with E-state index in [2.05, 4.69) is 10.0 Å². The summed E-state index contributed by atoms with van der Waals surface area (Å²) in [6, 6.07) is 15.9. The smallest absolute Gasteiger partial charge is 0.261 e. The molecule has 8 heteroatoms. The number of rotatable bonds is 5. The maximum atomic E-state index is 12.7. The molecule has 0 bridgehead atoms. The van der Waals surface area contributed by atoms with Crippen molar-refractivity contribution in [3.63, 3.8) is 0 Å². The fraction of sp³-hybridized carbons (Fsp3) is 0.0952. The minimum Gasteiger partial charge on any atom is -0.322 e. The van der Waals surface area contributed by atoms with Crippen molar-refractivity contribution in [3.8, 4) is 0 Å². The van der Waals surface area contributed by atoms with Crippen LogP contribution in [0.3, 0.4) is 0 Å². The molecule has 0 saturated heterocycles. The number of nitrogens with one attached hydrogen (secondary N) is 2. The van der Waals surface area contributed by atoms with Gasteiger partial charge in [-0.05, 0) is 73.5 Å². The largest absolute Gasteiger partial charge is 0.322 e. The molecule has 0 aliphatic rings. The van der Waals surface area contributed by atoms with Gasteiger partial charge in [-0.1, -0.05) is 35.3 Å². The molecule has 0 atom stereocenters. The minimum absolute atomic E-state index is 0.0747. The summed E-state index contributed by atoms with van der Waals surface area (Å²) in [6.07, 6.45) is 0. The third kappa shape index (κ3) is 4.90. The number of amides is 1. The summed E-state index contributed by atoms with van der Waals surface area (Å²) in [5.74, 6) is -0.373. The van der Waals surface area contributed by atoms with Crippen LogP contribution in [0.4, 0.5) is 11.4 Å². The molecule has 3 aromatic carbocycles. The summed E-state index contributed by atoms with van der Waals surface area (Å²) < 4.78 is 27.8. The van der Waals surface area contributed by atoms with E-state index in [1.54, 1.807) is 44.2 Å². The number of carbonyl (C=O) groups is 1. The Kier molecular flexibility index (Phi) is 6.17. The van der Waals surface area contributed by atoms with Crippen LogP contribution in [0.2, 0.25) is 10.0 Å². The Morgan fingerprint density at radius 2 is 1.59 bits per heavy atom. The van der Waals surface area contributed by atoms with Gasteiger partial charge in [0.1, 0.15) is 0 Å². The van der Waals surface area contributed by atoms with Crippen molar-refractivity contribution >= 4 is 50.5 Å². The lowest BCUT2D eigenvalue weighted by Gasteiger charge is -2.13. The van der Waals surface area contributed by atoms with Crippen molar-refractivity contribution in [2.45, 2.75) is 18.7 Å². The molecule has 0 aromatic heterocycles. The Hall–Kier alpha value is -2.54. The lowest BCUT2D eigenvalue weighted by atomic mass is 10.1. The van der Waals surface area contributed by atoms with Crippen LogP contribution < -0.4 is 10.0 Å². The van der Waals surface area contributed by atoms with Crippen LogP contribution in [0, 0.1) is 13.8 Å². The van der Waals surface area contributed by atoms with Gasteiger partial charge in [0.2, 0.25) is 0 Å². The van der Waals surface area contributed by atoms with E-state index in [4.69, 9.17) is 23.2 Å². The Bertz CT molecular complexity index is 1180. The predicted octanol–water partition coefficient (Wildman–Crippen LogP) is 5.66. The molecular formula is C21H18Cl2N2O3S. The van der Waals surface area contributed by atoms with Crippen LogP contribution in [0.25, 0.3) is 0 Å². The molecule has 2 N–H and O–H groups in total. The van der Waals surface area contributed by atoms with Crippen molar-refractivity contribution in [2.75, 3.05) is 10.0 Å². The Morgan fingerprint density at radius 1 is 0.897 bits per heavy atom. The molecule has 0 saturated carbocycles. The monoisotopic (exact) mass is 448 g/mol. The Balaban J connectivity index is 1.87. The van der Waals surface area contributed by atoms with Gasteiger partial charge in [-0.3, -0.25) is 9.52 Å². The van der Waals surface area contributed by atoms with Gasteiger partial charge >= 0.3 is 0 Å². The van der Waals surface area contributed by atoms with E-state index in [0.717, 1.165) is 5.56 Å². The first kappa shape index (κ1) is 21.2. The normalized spacial score (nSPS) is 11.2. The number of carbonyl (C=O) groups excluding carboxylic acids is 1. The molecule has 0 aliphatic carbocycles. The van der Waals surface area contributed by atoms with Crippen LogP contribution >= 0.6 is 23.2 Å². The molecule has 29 heavy (non-hydrogen) atoms. The molecule has 0 fully saturated rings. The summed E-state index contributed by atoms with van der Waals surface area (Å²) in [5, 5.41) is 3.78. The highest BCUT2D eigenvalue weighted by Crippen LogP contribution is 2.25. The van der Waals surface area contributed by atoms with Crippen LogP contribution in [0.1, 0.15) is 21.5 Å².